The highest BCUT2D eigenvalue weighted by Crippen LogP contribution is 2.25. The van der Waals surface area contributed by atoms with Gasteiger partial charge in [-0.15, -0.1) is 0 Å². The van der Waals surface area contributed by atoms with E-state index in [1.165, 1.54) is 0 Å². The maximum atomic E-state index is 12.6. The van der Waals surface area contributed by atoms with E-state index in [2.05, 4.69) is 0 Å². The number of ether oxygens (including phenoxy) is 2. The second-order valence-electron chi connectivity index (χ2n) is 6.39. The Balaban J connectivity index is 1.90. The fourth-order valence-corrected chi connectivity index (χ4v) is 2.72. The van der Waals surface area contributed by atoms with Crippen molar-refractivity contribution < 1.29 is 24.2 Å². The molecule has 2 aromatic carbocycles. The summed E-state index contributed by atoms with van der Waals surface area (Å²) in [4.78, 5) is 24.9. The second kappa shape index (κ2) is 9.73. The Kier molecular flexibility index (Phi) is 7.37. The molecule has 0 aromatic heterocycles. The third-order valence-electron chi connectivity index (χ3n) is 4.08. The molecule has 2 aromatic rings. The molecule has 0 saturated heterocycles. The zero-order chi connectivity index (χ0) is 19.8. The molecule has 0 spiro atoms. The summed E-state index contributed by atoms with van der Waals surface area (Å²) in [6, 6.07) is 13.3. The third kappa shape index (κ3) is 6.11. The van der Waals surface area contributed by atoms with E-state index in [9.17, 15) is 9.59 Å². The molecule has 144 valence electrons. The van der Waals surface area contributed by atoms with Gasteiger partial charge in [0, 0.05) is 19.2 Å². The molecule has 2 rings (SSSR count). The first-order chi connectivity index (χ1) is 12.9. The van der Waals surface area contributed by atoms with Crippen LogP contribution < -0.4 is 4.74 Å². The molecule has 0 atom stereocenters. The van der Waals surface area contributed by atoms with Crippen LogP contribution in [0.4, 0.5) is 0 Å². The Morgan fingerprint density at radius 1 is 1.07 bits per heavy atom. The average Bonchev–Trinajstić information content (AvgIpc) is 2.64. The van der Waals surface area contributed by atoms with Gasteiger partial charge in [-0.3, -0.25) is 4.79 Å². The number of carboxylic acids is 1. The summed E-state index contributed by atoms with van der Waals surface area (Å²) in [5, 5.41) is 8.75. The van der Waals surface area contributed by atoms with Crippen LogP contribution in [0.1, 0.15) is 27.0 Å². The third-order valence-corrected chi connectivity index (χ3v) is 4.08. The number of carboxylic acid groups (broad SMARTS) is 1. The molecule has 27 heavy (non-hydrogen) atoms. The number of carbonyl (C=O) groups is 2. The summed E-state index contributed by atoms with van der Waals surface area (Å²) in [5.41, 5.74) is 3.09. The molecule has 0 aliphatic rings. The van der Waals surface area contributed by atoms with Crippen LogP contribution in [0.25, 0.3) is 0 Å². The van der Waals surface area contributed by atoms with Gasteiger partial charge in [0.05, 0.1) is 13.2 Å². The monoisotopic (exact) mass is 371 g/mol. The average molecular weight is 371 g/mol. The fraction of sp³-hybridized carbons (Fsp3) is 0.333. The van der Waals surface area contributed by atoms with E-state index in [0.29, 0.717) is 31.1 Å². The SMILES string of the molecule is Cc1cc(C(=O)N(C)CCOCc2ccccc2)cc(C)c1OCC(=O)O. The van der Waals surface area contributed by atoms with Gasteiger partial charge >= 0.3 is 5.97 Å². The molecule has 0 radical (unpaired) electrons. The zero-order valence-electron chi connectivity index (χ0n) is 15.9. The van der Waals surface area contributed by atoms with Crippen LogP contribution in [0.5, 0.6) is 5.75 Å². The lowest BCUT2D eigenvalue weighted by molar-refractivity contribution is -0.139. The van der Waals surface area contributed by atoms with Crippen LogP contribution in [0.3, 0.4) is 0 Å². The maximum Gasteiger partial charge on any atom is 0.341 e. The number of aliphatic carboxylic acids is 1. The molecule has 0 aliphatic carbocycles. The number of amides is 1. The largest absolute Gasteiger partial charge is 0.481 e. The summed E-state index contributed by atoms with van der Waals surface area (Å²) in [7, 11) is 1.73. The lowest BCUT2D eigenvalue weighted by Crippen LogP contribution is -2.30. The summed E-state index contributed by atoms with van der Waals surface area (Å²) < 4.78 is 10.9. The van der Waals surface area contributed by atoms with Crippen molar-refractivity contribution in [3.05, 3.63) is 64.7 Å². The standard InChI is InChI=1S/C21H25NO5/c1-15-11-18(12-16(2)20(15)27-14-19(23)24)21(25)22(3)9-10-26-13-17-7-5-4-6-8-17/h4-8,11-12H,9-10,13-14H2,1-3H3,(H,23,24). The van der Waals surface area contributed by atoms with E-state index in [-0.39, 0.29) is 5.91 Å². The Morgan fingerprint density at radius 3 is 2.30 bits per heavy atom. The molecular formula is C21H25NO5. The topological polar surface area (TPSA) is 76.1 Å². The van der Waals surface area contributed by atoms with Gasteiger partial charge in [0.1, 0.15) is 5.75 Å². The van der Waals surface area contributed by atoms with Crippen LogP contribution in [0, 0.1) is 13.8 Å². The van der Waals surface area contributed by atoms with Gasteiger partial charge in [-0.1, -0.05) is 30.3 Å². The van der Waals surface area contributed by atoms with Crippen LogP contribution in [-0.2, 0) is 16.1 Å². The molecule has 0 heterocycles. The minimum absolute atomic E-state index is 0.116. The van der Waals surface area contributed by atoms with Crippen molar-refractivity contribution >= 4 is 11.9 Å². The minimum atomic E-state index is -1.04. The molecular weight excluding hydrogens is 346 g/mol. The Hall–Kier alpha value is -2.86. The summed E-state index contributed by atoms with van der Waals surface area (Å²) in [5.74, 6) is -0.652. The molecule has 0 aliphatic heterocycles. The Bertz CT molecular complexity index is 765. The first-order valence-corrected chi connectivity index (χ1v) is 8.71. The number of carbonyl (C=O) groups excluding carboxylic acids is 1. The van der Waals surface area contributed by atoms with Gasteiger partial charge in [-0.25, -0.2) is 4.79 Å². The van der Waals surface area contributed by atoms with Crippen molar-refractivity contribution in [3.63, 3.8) is 0 Å². The van der Waals surface area contributed by atoms with Crippen LogP contribution in [-0.4, -0.2) is 48.7 Å². The van der Waals surface area contributed by atoms with E-state index < -0.39 is 12.6 Å². The molecule has 0 fully saturated rings. The van der Waals surface area contributed by atoms with Gasteiger partial charge in [-0.05, 0) is 42.7 Å². The summed E-state index contributed by atoms with van der Waals surface area (Å²) in [6.45, 7) is 4.61. The molecule has 1 amide bonds. The first kappa shape index (κ1) is 20.5. The number of benzene rings is 2. The summed E-state index contributed by atoms with van der Waals surface area (Å²) >= 11 is 0. The normalized spacial score (nSPS) is 10.5. The van der Waals surface area contributed by atoms with E-state index in [4.69, 9.17) is 14.6 Å². The van der Waals surface area contributed by atoms with E-state index in [1.54, 1.807) is 37.9 Å². The molecule has 0 bridgehead atoms. The van der Waals surface area contributed by atoms with E-state index in [1.807, 2.05) is 30.3 Å². The second-order valence-corrected chi connectivity index (χ2v) is 6.39. The Morgan fingerprint density at radius 2 is 1.70 bits per heavy atom. The maximum absolute atomic E-state index is 12.6. The van der Waals surface area contributed by atoms with Gasteiger partial charge in [0.25, 0.3) is 5.91 Å². The molecule has 6 heteroatoms. The number of rotatable bonds is 9. The van der Waals surface area contributed by atoms with E-state index >= 15 is 0 Å². The van der Waals surface area contributed by atoms with Crippen molar-refractivity contribution in [1.82, 2.24) is 4.90 Å². The van der Waals surface area contributed by atoms with E-state index in [0.717, 1.165) is 16.7 Å². The highest BCUT2D eigenvalue weighted by Gasteiger charge is 2.16. The van der Waals surface area contributed by atoms with Crippen molar-refractivity contribution in [3.8, 4) is 5.75 Å². The molecule has 0 unspecified atom stereocenters. The lowest BCUT2D eigenvalue weighted by atomic mass is 10.0. The van der Waals surface area contributed by atoms with Crippen LogP contribution in [0.2, 0.25) is 0 Å². The first-order valence-electron chi connectivity index (χ1n) is 8.71. The Labute approximate surface area is 159 Å². The van der Waals surface area contributed by atoms with Gasteiger partial charge in [0.2, 0.25) is 0 Å². The number of hydrogen-bond acceptors (Lipinski definition) is 4. The van der Waals surface area contributed by atoms with Crippen molar-refractivity contribution in [2.45, 2.75) is 20.5 Å². The molecule has 1 N–H and O–H groups in total. The fourth-order valence-electron chi connectivity index (χ4n) is 2.72. The minimum Gasteiger partial charge on any atom is -0.481 e. The van der Waals surface area contributed by atoms with Crippen molar-refractivity contribution in [2.24, 2.45) is 0 Å². The van der Waals surface area contributed by atoms with Gasteiger partial charge < -0.3 is 19.5 Å². The van der Waals surface area contributed by atoms with Gasteiger partial charge in [-0.2, -0.15) is 0 Å². The number of likely N-dealkylation sites (N-methyl/N-ethyl adjacent to an activating group) is 1. The van der Waals surface area contributed by atoms with Crippen molar-refractivity contribution in [1.29, 1.82) is 0 Å². The quantitative estimate of drug-likeness (QED) is 0.686. The van der Waals surface area contributed by atoms with Crippen LogP contribution in [0.15, 0.2) is 42.5 Å². The summed E-state index contributed by atoms with van der Waals surface area (Å²) in [6.07, 6.45) is 0. The molecule has 0 saturated carbocycles. The predicted molar refractivity (Wildman–Crippen MR) is 102 cm³/mol. The number of aryl methyl sites for hydroxylation is 2. The van der Waals surface area contributed by atoms with Gasteiger partial charge in [0.15, 0.2) is 6.61 Å². The number of nitrogens with zero attached hydrogens (tertiary/aromatic N) is 1. The van der Waals surface area contributed by atoms with Crippen LogP contribution >= 0.6 is 0 Å². The lowest BCUT2D eigenvalue weighted by Gasteiger charge is -2.19. The highest BCUT2D eigenvalue weighted by molar-refractivity contribution is 5.94. The molecule has 6 nitrogen and oxygen atoms in total. The highest BCUT2D eigenvalue weighted by atomic mass is 16.5. The number of hydrogen-bond donors (Lipinski definition) is 1. The predicted octanol–water partition coefficient (Wildman–Crippen LogP) is 3.06. The smallest absolute Gasteiger partial charge is 0.341 e. The van der Waals surface area contributed by atoms with Crippen molar-refractivity contribution in [2.75, 3.05) is 26.8 Å². The zero-order valence-corrected chi connectivity index (χ0v) is 15.9.